The van der Waals surface area contributed by atoms with Crippen LogP contribution in [0, 0.1) is 11.3 Å². The van der Waals surface area contributed by atoms with Gasteiger partial charge in [-0.3, -0.25) is 4.98 Å². The van der Waals surface area contributed by atoms with E-state index in [1.54, 1.807) is 6.20 Å². The summed E-state index contributed by atoms with van der Waals surface area (Å²) in [5, 5.41) is 13.9. The van der Waals surface area contributed by atoms with E-state index in [9.17, 15) is 0 Å². The summed E-state index contributed by atoms with van der Waals surface area (Å²) < 4.78 is 1.81. The fraction of sp³-hybridized carbons (Fsp3) is 0.125. The van der Waals surface area contributed by atoms with Crippen molar-refractivity contribution in [1.29, 1.82) is 5.26 Å². The largest absolute Gasteiger partial charge is 0.379 e. The van der Waals surface area contributed by atoms with Crippen molar-refractivity contribution >= 4 is 28.2 Å². The lowest BCUT2D eigenvalue weighted by Crippen LogP contribution is -2.00. The zero-order valence-corrected chi connectivity index (χ0v) is 12.2. The Morgan fingerprint density at radius 3 is 3.00 bits per heavy atom. The quantitative estimate of drug-likeness (QED) is 0.801. The standard InChI is InChI=1S/C16H13ClN4/c1-21-10-11(7-12(21)8-18)9-20-15-5-4-14(17)13-3-2-6-19-16(13)15/h2-7,10,20H,9H2,1H3. The second kappa shape index (κ2) is 5.47. The number of halogens is 1. The molecule has 0 radical (unpaired) electrons. The van der Waals surface area contributed by atoms with Crippen LogP contribution >= 0.6 is 11.6 Å². The number of nitriles is 1. The summed E-state index contributed by atoms with van der Waals surface area (Å²) in [5.74, 6) is 0. The molecule has 1 N–H and O–H groups in total. The van der Waals surface area contributed by atoms with Gasteiger partial charge >= 0.3 is 0 Å². The average Bonchev–Trinajstić information content (AvgIpc) is 2.87. The van der Waals surface area contributed by atoms with Gasteiger partial charge < -0.3 is 9.88 Å². The Kier molecular flexibility index (Phi) is 3.51. The second-order valence-corrected chi connectivity index (χ2v) is 5.21. The Labute approximate surface area is 127 Å². The number of fused-ring (bicyclic) bond motifs is 1. The molecular formula is C16H13ClN4. The van der Waals surface area contributed by atoms with Gasteiger partial charge in [-0.2, -0.15) is 5.26 Å². The maximum absolute atomic E-state index is 8.97. The Morgan fingerprint density at radius 2 is 2.24 bits per heavy atom. The van der Waals surface area contributed by atoms with Crippen LogP contribution in [0.5, 0.6) is 0 Å². The highest BCUT2D eigenvalue weighted by molar-refractivity contribution is 6.35. The highest BCUT2D eigenvalue weighted by Gasteiger charge is 2.07. The molecule has 104 valence electrons. The van der Waals surface area contributed by atoms with E-state index >= 15 is 0 Å². The van der Waals surface area contributed by atoms with Gasteiger partial charge in [0.15, 0.2) is 0 Å². The minimum absolute atomic E-state index is 0.628. The molecule has 0 amide bonds. The molecule has 0 aliphatic rings. The molecule has 0 unspecified atom stereocenters. The van der Waals surface area contributed by atoms with E-state index in [-0.39, 0.29) is 0 Å². The molecule has 21 heavy (non-hydrogen) atoms. The normalized spacial score (nSPS) is 10.5. The van der Waals surface area contributed by atoms with Crippen molar-refractivity contribution in [3.8, 4) is 6.07 Å². The molecule has 3 rings (SSSR count). The molecule has 2 heterocycles. The van der Waals surface area contributed by atoms with Crippen LogP contribution in [0.15, 0.2) is 42.7 Å². The molecule has 2 aromatic heterocycles. The van der Waals surface area contributed by atoms with Gasteiger partial charge in [0.2, 0.25) is 0 Å². The lowest BCUT2D eigenvalue weighted by molar-refractivity contribution is 0.902. The van der Waals surface area contributed by atoms with Crippen molar-refractivity contribution < 1.29 is 0 Å². The highest BCUT2D eigenvalue weighted by Crippen LogP contribution is 2.28. The third-order valence-corrected chi connectivity index (χ3v) is 3.71. The summed E-state index contributed by atoms with van der Waals surface area (Å²) in [6.07, 6.45) is 3.69. The average molecular weight is 297 g/mol. The molecule has 0 aliphatic carbocycles. The maximum atomic E-state index is 8.97. The molecule has 0 spiro atoms. The van der Waals surface area contributed by atoms with Crippen LogP contribution in [0.4, 0.5) is 5.69 Å². The summed E-state index contributed by atoms with van der Waals surface area (Å²) in [6, 6.07) is 11.6. The molecule has 3 aromatic rings. The van der Waals surface area contributed by atoms with Gasteiger partial charge in [0.1, 0.15) is 11.8 Å². The van der Waals surface area contributed by atoms with Crippen LogP contribution in [-0.2, 0) is 13.6 Å². The first-order valence-electron chi connectivity index (χ1n) is 6.51. The molecule has 0 bridgehead atoms. The smallest absolute Gasteiger partial charge is 0.120 e. The first-order chi connectivity index (χ1) is 10.2. The SMILES string of the molecule is Cn1cc(CNc2ccc(Cl)c3cccnc23)cc1C#N. The van der Waals surface area contributed by atoms with Gasteiger partial charge in [-0.1, -0.05) is 11.6 Å². The number of hydrogen-bond donors (Lipinski definition) is 1. The van der Waals surface area contributed by atoms with E-state index in [1.165, 1.54) is 0 Å². The van der Waals surface area contributed by atoms with E-state index in [0.29, 0.717) is 17.3 Å². The van der Waals surface area contributed by atoms with Crippen molar-refractivity contribution in [2.24, 2.45) is 7.05 Å². The molecule has 0 saturated heterocycles. The second-order valence-electron chi connectivity index (χ2n) is 4.80. The number of nitrogens with one attached hydrogen (secondary N) is 1. The van der Waals surface area contributed by atoms with Crippen molar-refractivity contribution in [3.05, 3.63) is 59.0 Å². The van der Waals surface area contributed by atoms with E-state index < -0.39 is 0 Å². The Morgan fingerprint density at radius 1 is 1.38 bits per heavy atom. The van der Waals surface area contributed by atoms with Gasteiger partial charge in [-0.05, 0) is 35.9 Å². The van der Waals surface area contributed by atoms with Crippen LogP contribution in [-0.4, -0.2) is 9.55 Å². The molecule has 0 fully saturated rings. The third-order valence-electron chi connectivity index (χ3n) is 3.38. The first kappa shape index (κ1) is 13.5. The third kappa shape index (κ3) is 2.56. The summed E-state index contributed by atoms with van der Waals surface area (Å²) in [6.45, 7) is 0.628. The van der Waals surface area contributed by atoms with Crippen LogP contribution in [0.3, 0.4) is 0 Å². The number of aromatic nitrogens is 2. The number of rotatable bonds is 3. The van der Waals surface area contributed by atoms with E-state index in [1.807, 2.05) is 48.1 Å². The number of pyridine rings is 1. The summed E-state index contributed by atoms with van der Waals surface area (Å²) in [5.41, 5.74) is 3.47. The maximum Gasteiger partial charge on any atom is 0.120 e. The van der Waals surface area contributed by atoms with Gasteiger partial charge in [0, 0.05) is 31.4 Å². The summed E-state index contributed by atoms with van der Waals surface area (Å²) >= 11 is 6.18. The van der Waals surface area contributed by atoms with Gasteiger partial charge in [-0.25, -0.2) is 0 Å². The van der Waals surface area contributed by atoms with Crippen molar-refractivity contribution in [2.75, 3.05) is 5.32 Å². The Hall–Kier alpha value is -2.51. The number of nitrogens with zero attached hydrogens (tertiary/aromatic N) is 3. The predicted molar refractivity (Wildman–Crippen MR) is 84.2 cm³/mol. The summed E-state index contributed by atoms with van der Waals surface area (Å²) in [4.78, 5) is 4.39. The van der Waals surface area contributed by atoms with Crippen molar-refractivity contribution in [3.63, 3.8) is 0 Å². The van der Waals surface area contributed by atoms with E-state index in [0.717, 1.165) is 22.2 Å². The molecule has 4 nitrogen and oxygen atoms in total. The number of aryl methyl sites for hydroxylation is 1. The minimum atomic E-state index is 0.628. The van der Waals surface area contributed by atoms with Crippen LogP contribution in [0.25, 0.3) is 10.9 Å². The molecule has 0 atom stereocenters. The number of hydrogen-bond acceptors (Lipinski definition) is 3. The molecule has 5 heteroatoms. The zero-order valence-electron chi connectivity index (χ0n) is 11.5. The molecule has 0 saturated carbocycles. The fourth-order valence-electron chi connectivity index (χ4n) is 2.32. The lowest BCUT2D eigenvalue weighted by atomic mass is 10.2. The van der Waals surface area contributed by atoms with Gasteiger partial charge in [0.25, 0.3) is 0 Å². The number of benzene rings is 1. The zero-order chi connectivity index (χ0) is 14.8. The predicted octanol–water partition coefficient (Wildman–Crippen LogP) is 3.71. The number of anilines is 1. The molecule has 1 aromatic carbocycles. The fourth-order valence-corrected chi connectivity index (χ4v) is 2.53. The molecular weight excluding hydrogens is 284 g/mol. The Bertz CT molecular complexity index is 845. The van der Waals surface area contributed by atoms with E-state index in [4.69, 9.17) is 16.9 Å². The topological polar surface area (TPSA) is 53.6 Å². The molecule has 0 aliphatic heterocycles. The van der Waals surface area contributed by atoms with Crippen molar-refractivity contribution in [1.82, 2.24) is 9.55 Å². The monoisotopic (exact) mass is 296 g/mol. The minimum Gasteiger partial charge on any atom is -0.379 e. The lowest BCUT2D eigenvalue weighted by Gasteiger charge is -2.09. The van der Waals surface area contributed by atoms with Crippen LogP contribution in [0.1, 0.15) is 11.3 Å². The highest BCUT2D eigenvalue weighted by atomic mass is 35.5. The van der Waals surface area contributed by atoms with Crippen LogP contribution < -0.4 is 5.32 Å². The first-order valence-corrected chi connectivity index (χ1v) is 6.89. The van der Waals surface area contributed by atoms with Crippen LogP contribution in [0.2, 0.25) is 5.02 Å². The van der Waals surface area contributed by atoms with Crippen molar-refractivity contribution in [2.45, 2.75) is 6.54 Å². The van der Waals surface area contributed by atoms with E-state index in [2.05, 4.69) is 16.4 Å². The summed E-state index contributed by atoms with van der Waals surface area (Å²) in [7, 11) is 1.86. The van der Waals surface area contributed by atoms with Gasteiger partial charge in [0.05, 0.1) is 16.2 Å². The Balaban J connectivity index is 1.89. The van der Waals surface area contributed by atoms with Gasteiger partial charge in [-0.15, -0.1) is 0 Å².